The van der Waals surface area contributed by atoms with E-state index in [2.05, 4.69) is 25.7 Å². The van der Waals surface area contributed by atoms with Gasteiger partial charge < -0.3 is 20.1 Å². The van der Waals surface area contributed by atoms with Crippen molar-refractivity contribution in [2.75, 3.05) is 26.6 Å². The lowest BCUT2D eigenvalue weighted by Gasteiger charge is -2.13. The minimum absolute atomic E-state index is 0.488. The van der Waals surface area contributed by atoms with Gasteiger partial charge in [-0.25, -0.2) is 4.79 Å². The van der Waals surface area contributed by atoms with Crippen LogP contribution in [0.2, 0.25) is 0 Å². The second kappa shape index (κ2) is 9.93. The van der Waals surface area contributed by atoms with E-state index in [1.54, 1.807) is 14.2 Å². The summed E-state index contributed by atoms with van der Waals surface area (Å²) in [5, 5.41) is 9.13. The van der Waals surface area contributed by atoms with Crippen LogP contribution in [0.3, 0.4) is 0 Å². The van der Waals surface area contributed by atoms with E-state index in [0.717, 1.165) is 16.9 Å². The third kappa shape index (κ3) is 6.01. The minimum Gasteiger partial charge on any atom is -0.497 e. The average Bonchev–Trinajstić information content (AvgIpc) is 2.69. The lowest BCUT2D eigenvalue weighted by Crippen LogP contribution is -2.36. The Hall–Kier alpha value is -3.22. The molecule has 0 saturated carbocycles. The summed E-state index contributed by atoms with van der Waals surface area (Å²) in [4.78, 5) is 15.4. The van der Waals surface area contributed by atoms with Gasteiger partial charge in [0.25, 0.3) is 0 Å². The molecule has 0 saturated heterocycles. The predicted molar refractivity (Wildman–Crippen MR) is 103 cm³/mol. The number of anilines is 1. The normalized spacial score (nSPS) is 10.8. The molecular weight excluding hydrogens is 332 g/mol. The van der Waals surface area contributed by atoms with E-state index in [1.165, 1.54) is 7.11 Å². The van der Waals surface area contributed by atoms with E-state index in [1.807, 2.05) is 48.5 Å². The number of carbonyl (C=O) groups excluding carboxylic acids is 1. The fourth-order valence-corrected chi connectivity index (χ4v) is 2.25. The number of hydrogen-bond acceptors (Lipinski definition) is 4. The largest absolute Gasteiger partial charge is 0.497 e. The number of nitrogens with one attached hydrogen (secondary N) is 3. The zero-order valence-electron chi connectivity index (χ0n) is 15.2. The zero-order chi connectivity index (χ0) is 18.8. The monoisotopic (exact) mass is 356 g/mol. The van der Waals surface area contributed by atoms with Crippen LogP contribution in [0, 0.1) is 0 Å². The maximum atomic E-state index is 11.2. The standard InChI is InChI=1S/C19H24N4O3/c1-20-18(22-13-15-5-4-6-17(11-15)25-2)21-12-14-7-9-16(10-8-14)23-19(24)26-3/h4-11H,12-13H2,1-3H3,(H,23,24)(H2,20,21,22). The van der Waals surface area contributed by atoms with Crippen LogP contribution in [0.25, 0.3) is 0 Å². The summed E-state index contributed by atoms with van der Waals surface area (Å²) in [5.41, 5.74) is 2.84. The van der Waals surface area contributed by atoms with Crippen LogP contribution in [0.4, 0.5) is 10.5 Å². The second-order valence-electron chi connectivity index (χ2n) is 5.44. The number of aliphatic imine (C=N–C) groups is 1. The van der Waals surface area contributed by atoms with Gasteiger partial charge in [0.1, 0.15) is 5.75 Å². The number of ether oxygens (including phenoxy) is 2. The highest BCUT2D eigenvalue weighted by molar-refractivity contribution is 5.84. The van der Waals surface area contributed by atoms with Crippen LogP contribution in [0.1, 0.15) is 11.1 Å². The zero-order valence-corrected chi connectivity index (χ0v) is 15.2. The van der Waals surface area contributed by atoms with Gasteiger partial charge in [-0.2, -0.15) is 0 Å². The molecule has 2 aromatic rings. The van der Waals surface area contributed by atoms with Gasteiger partial charge in [-0.3, -0.25) is 10.3 Å². The summed E-state index contributed by atoms with van der Waals surface area (Å²) < 4.78 is 9.79. The van der Waals surface area contributed by atoms with Gasteiger partial charge >= 0.3 is 6.09 Å². The first-order valence-electron chi connectivity index (χ1n) is 8.16. The van der Waals surface area contributed by atoms with Crippen LogP contribution in [-0.2, 0) is 17.8 Å². The smallest absolute Gasteiger partial charge is 0.411 e. The molecule has 0 fully saturated rings. The van der Waals surface area contributed by atoms with Crippen molar-refractivity contribution in [3.05, 3.63) is 59.7 Å². The molecule has 0 heterocycles. The Bertz CT molecular complexity index is 745. The van der Waals surface area contributed by atoms with Crippen LogP contribution < -0.4 is 20.7 Å². The summed E-state index contributed by atoms with van der Waals surface area (Å²) >= 11 is 0. The van der Waals surface area contributed by atoms with Crippen molar-refractivity contribution in [3.63, 3.8) is 0 Å². The summed E-state index contributed by atoms with van der Waals surface area (Å²) in [6.45, 7) is 1.25. The highest BCUT2D eigenvalue weighted by atomic mass is 16.5. The summed E-state index contributed by atoms with van der Waals surface area (Å²) in [5.74, 6) is 1.53. The third-order valence-electron chi connectivity index (χ3n) is 3.66. The van der Waals surface area contributed by atoms with Gasteiger partial charge in [-0.1, -0.05) is 24.3 Å². The summed E-state index contributed by atoms with van der Waals surface area (Å²) in [6.07, 6.45) is -0.488. The predicted octanol–water partition coefficient (Wildman–Crippen LogP) is 2.74. The molecule has 3 N–H and O–H groups in total. The number of rotatable bonds is 6. The Balaban J connectivity index is 1.83. The van der Waals surface area contributed by atoms with Crippen molar-refractivity contribution in [2.45, 2.75) is 13.1 Å². The Kier molecular flexibility index (Phi) is 7.30. The first kappa shape index (κ1) is 19.1. The van der Waals surface area contributed by atoms with Gasteiger partial charge in [0.15, 0.2) is 5.96 Å². The second-order valence-corrected chi connectivity index (χ2v) is 5.44. The number of benzene rings is 2. The Morgan fingerprint density at radius 3 is 2.31 bits per heavy atom. The third-order valence-corrected chi connectivity index (χ3v) is 3.66. The number of amides is 1. The molecule has 0 atom stereocenters. The molecule has 2 aromatic carbocycles. The molecule has 138 valence electrons. The first-order valence-corrected chi connectivity index (χ1v) is 8.16. The van der Waals surface area contributed by atoms with E-state index in [9.17, 15) is 4.79 Å². The number of hydrogen-bond donors (Lipinski definition) is 3. The average molecular weight is 356 g/mol. The van der Waals surface area contributed by atoms with Gasteiger partial charge in [0, 0.05) is 25.8 Å². The topological polar surface area (TPSA) is 84.0 Å². The molecule has 0 spiro atoms. The number of carbonyl (C=O) groups is 1. The Morgan fingerprint density at radius 1 is 1.00 bits per heavy atom. The fraction of sp³-hybridized carbons (Fsp3) is 0.263. The number of nitrogens with zero attached hydrogens (tertiary/aromatic N) is 1. The van der Waals surface area contributed by atoms with E-state index >= 15 is 0 Å². The van der Waals surface area contributed by atoms with Crippen molar-refractivity contribution < 1.29 is 14.3 Å². The van der Waals surface area contributed by atoms with Gasteiger partial charge in [0.05, 0.1) is 14.2 Å². The molecule has 1 amide bonds. The highest BCUT2D eigenvalue weighted by Crippen LogP contribution is 2.12. The van der Waals surface area contributed by atoms with Crippen molar-refractivity contribution in [2.24, 2.45) is 4.99 Å². The van der Waals surface area contributed by atoms with E-state index in [-0.39, 0.29) is 0 Å². The summed E-state index contributed by atoms with van der Waals surface area (Å²) in [7, 11) is 4.71. The molecule has 0 aromatic heterocycles. The van der Waals surface area contributed by atoms with Crippen molar-refractivity contribution in [1.82, 2.24) is 10.6 Å². The maximum Gasteiger partial charge on any atom is 0.411 e. The molecule has 0 bridgehead atoms. The van der Waals surface area contributed by atoms with E-state index in [4.69, 9.17) is 4.74 Å². The van der Waals surface area contributed by atoms with Crippen LogP contribution in [0.5, 0.6) is 5.75 Å². The molecule has 0 aliphatic heterocycles. The van der Waals surface area contributed by atoms with Crippen molar-refractivity contribution >= 4 is 17.7 Å². The van der Waals surface area contributed by atoms with Gasteiger partial charge in [-0.15, -0.1) is 0 Å². The van der Waals surface area contributed by atoms with E-state index in [0.29, 0.717) is 24.7 Å². The molecule has 0 unspecified atom stereocenters. The van der Waals surface area contributed by atoms with E-state index < -0.39 is 6.09 Å². The van der Waals surface area contributed by atoms with Gasteiger partial charge in [-0.05, 0) is 35.4 Å². The fourth-order valence-electron chi connectivity index (χ4n) is 2.25. The molecule has 26 heavy (non-hydrogen) atoms. The lowest BCUT2D eigenvalue weighted by molar-refractivity contribution is 0.187. The van der Waals surface area contributed by atoms with Crippen LogP contribution in [-0.4, -0.2) is 33.3 Å². The van der Waals surface area contributed by atoms with Crippen LogP contribution >= 0.6 is 0 Å². The quantitative estimate of drug-likeness (QED) is 0.547. The van der Waals surface area contributed by atoms with Crippen LogP contribution in [0.15, 0.2) is 53.5 Å². The van der Waals surface area contributed by atoms with Gasteiger partial charge in [0.2, 0.25) is 0 Å². The maximum absolute atomic E-state index is 11.2. The first-order chi connectivity index (χ1) is 12.6. The minimum atomic E-state index is -0.488. The number of methoxy groups -OCH3 is 2. The Labute approximate surface area is 153 Å². The molecule has 0 radical (unpaired) electrons. The lowest BCUT2D eigenvalue weighted by atomic mass is 10.2. The highest BCUT2D eigenvalue weighted by Gasteiger charge is 2.02. The molecule has 0 aliphatic rings. The molecule has 0 aliphatic carbocycles. The molecule has 7 heteroatoms. The molecule has 7 nitrogen and oxygen atoms in total. The molecular formula is C19H24N4O3. The number of guanidine groups is 1. The summed E-state index contributed by atoms with van der Waals surface area (Å²) in [6, 6.07) is 15.4. The van der Waals surface area contributed by atoms with Crippen molar-refractivity contribution in [3.8, 4) is 5.75 Å². The molecule has 2 rings (SSSR count). The van der Waals surface area contributed by atoms with Crippen molar-refractivity contribution in [1.29, 1.82) is 0 Å². The Morgan fingerprint density at radius 2 is 1.69 bits per heavy atom. The SMILES string of the molecule is CN=C(NCc1ccc(NC(=O)OC)cc1)NCc1cccc(OC)c1.